The number of carbonyl (C=O) groups is 1. The zero-order valence-electron chi connectivity index (χ0n) is 15.0. The Labute approximate surface area is 158 Å². The number of likely N-dealkylation sites (tertiary alicyclic amines) is 1. The molecule has 1 fully saturated rings. The van der Waals surface area contributed by atoms with Crippen molar-refractivity contribution < 1.29 is 17.6 Å². The van der Waals surface area contributed by atoms with E-state index < -0.39 is 15.8 Å². The third-order valence-electron chi connectivity index (χ3n) is 4.57. The SMILES string of the molecule is CNCC1CCN(C(=O)c2ccc(S(=O)(=O)Nc3ccc(F)cc3)cc2)C1. The molecule has 1 aliphatic rings. The first-order chi connectivity index (χ1) is 12.9. The first-order valence-electron chi connectivity index (χ1n) is 8.71. The molecule has 1 aliphatic heterocycles. The zero-order valence-corrected chi connectivity index (χ0v) is 15.8. The van der Waals surface area contributed by atoms with E-state index in [0.717, 1.165) is 13.0 Å². The number of anilines is 1. The van der Waals surface area contributed by atoms with Crippen LogP contribution in [0.4, 0.5) is 10.1 Å². The van der Waals surface area contributed by atoms with Crippen molar-refractivity contribution in [1.29, 1.82) is 0 Å². The second-order valence-electron chi connectivity index (χ2n) is 6.60. The smallest absolute Gasteiger partial charge is 0.261 e. The predicted molar refractivity (Wildman–Crippen MR) is 102 cm³/mol. The van der Waals surface area contributed by atoms with E-state index in [1.807, 2.05) is 7.05 Å². The highest BCUT2D eigenvalue weighted by Crippen LogP contribution is 2.20. The van der Waals surface area contributed by atoms with E-state index in [1.54, 1.807) is 4.90 Å². The van der Waals surface area contributed by atoms with E-state index in [0.29, 0.717) is 24.6 Å². The fourth-order valence-corrected chi connectivity index (χ4v) is 4.22. The van der Waals surface area contributed by atoms with Gasteiger partial charge in [-0.25, -0.2) is 12.8 Å². The van der Waals surface area contributed by atoms with Gasteiger partial charge in [-0.15, -0.1) is 0 Å². The lowest BCUT2D eigenvalue weighted by atomic mass is 10.1. The van der Waals surface area contributed by atoms with Gasteiger partial charge in [0.25, 0.3) is 15.9 Å². The minimum absolute atomic E-state index is 0.0397. The molecule has 6 nitrogen and oxygen atoms in total. The summed E-state index contributed by atoms with van der Waals surface area (Å²) in [6.45, 7) is 2.28. The van der Waals surface area contributed by atoms with Crippen molar-refractivity contribution in [2.45, 2.75) is 11.3 Å². The Morgan fingerprint density at radius 2 is 1.81 bits per heavy atom. The predicted octanol–water partition coefficient (Wildman–Crippen LogP) is 2.31. The maximum absolute atomic E-state index is 12.9. The Hall–Kier alpha value is -2.45. The lowest BCUT2D eigenvalue weighted by molar-refractivity contribution is 0.0787. The summed E-state index contributed by atoms with van der Waals surface area (Å²) in [6.07, 6.45) is 0.959. The summed E-state index contributed by atoms with van der Waals surface area (Å²) in [5.41, 5.74) is 0.727. The Kier molecular flexibility index (Phi) is 5.76. The maximum atomic E-state index is 12.9. The van der Waals surface area contributed by atoms with Crippen LogP contribution in [0.5, 0.6) is 0 Å². The van der Waals surface area contributed by atoms with Gasteiger partial charge in [0, 0.05) is 24.3 Å². The van der Waals surface area contributed by atoms with Gasteiger partial charge in [-0.1, -0.05) is 0 Å². The van der Waals surface area contributed by atoms with Gasteiger partial charge in [0.1, 0.15) is 5.82 Å². The van der Waals surface area contributed by atoms with Gasteiger partial charge < -0.3 is 10.2 Å². The van der Waals surface area contributed by atoms with E-state index in [2.05, 4.69) is 10.0 Å². The van der Waals surface area contributed by atoms with Crippen molar-refractivity contribution >= 4 is 21.6 Å². The lowest BCUT2D eigenvalue weighted by Crippen LogP contribution is -2.30. The molecule has 2 aromatic carbocycles. The van der Waals surface area contributed by atoms with E-state index in [1.165, 1.54) is 48.5 Å². The van der Waals surface area contributed by atoms with Crippen LogP contribution in [0.3, 0.4) is 0 Å². The van der Waals surface area contributed by atoms with Crippen molar-refractivity contribution in [3.63, 3.8) is 0 Å². The fraction of sp³-hybridized carbons (Fsp3) is 0.316. The number of benzene rings is 2. The van der Waals surface area contributed by atoms with Gasteiger partial charge in [-0.3, -0.25) is 9.52 Å². The molecule has 0 saturated carbocycles. The molecular weight excluding hydrogens is 369 g/mol. The van der Waals surface area contributed by atoms with Crippen LogP contribution in [0.25, 0.3) is 0 Å². The largest absolute Gasteiger partial charge is 0.338 e. The van der Waals surface area contributed by atoms with Crippen molar-refractivity contribution in [2.75, 3.05) is 31.4 Å². The Morgan fingerprint density at radius 3 is 2.44 bits per heavy atom. The van der Waals surface area contributed by atoms with Gasteiger partial charge in [0.05, 0.1) is 4.90 Å². The van der Waals surface area contributed by atoms with Crippen LogP contribution in [0.1, 0.15) is 16.8 Å². The number of nitrogens with one attached hydrogen (secondary N) is 2. The third-order valence-corrected chi connectivity index (χ3v) is 5.97. The number of rotatable bonds is 6. The fourth-order valence-electron chi connectivity index (χ4n) is 3.16. The average Bonchev–Trinajstić information content (AvgIpc) is 3.12. The molecule has 0 aliphatic carbocycles. The molecule has 27 heavy (non-hydrogen) atoms. The van der Waals surface area contributed by atoms with Crippen LogP contribution in [0.2, 0.25) is 0 Å². The van der Waals surface area contributed by atoms with Gasteiger partial charge in [0.15, 0.2) is 0 Å². The standard InChI is InChI=1S/C19H22FN3O3S/c1-21-12-14-10-11-23(13-14)19(24)15-2-8-18(9-3-15)27(25,26)22-17-6-4-16(20)5-7-17/h2-9,14,21-22H,10-13H2,1H3. The van der Waals surface area contributed by atoms with Gasteiger partial charge in [-0.05, 0) is 74.5 Å². The molecule has 0 spiro atoms. The van der Waals surface area contributed by atoms with Crippen molar-refractivity contribution in [2.24, 2.45) is 5.92 Å². The quantitative estimate of drug-likeness (QED) is 0.792. The number of hydrogen-bond acceptors (Lipinski definition) is 4. The highest BCUT2D eigenvalue weighted by Gasteiger charge is 2.26. The Balaban J connectivity index is 1.69. The molecule has 0 aromatic heterocycles. The number of carbonyl (C=O) groups excluding carboxylic acids is 1. The normalized spacial score (nSPS) is 17.1. The third kappa shape index (κ3) is 4.64. The minimum atomic E-state index is -3.81. The molecule has 144 valence electrons. The molecule has 1 unspecified atom stereocenters. The molecule has 0 bridgehead atoms. The summed E-state index contributed by atoms with van der Waals surface area (Å²) in [6, 6.07) is 10.9. The summed E-state index contributed by atoms with van der Waals surface area (Å²) in [7, 11) is -1.92. The number of nitrogens with zero attached hydrogens (tertiary/aromatic N) is 1. The monoisotopic (exact) mass is 391 g/mol. The van der Waals surface area contributed by atoms with Crippen LogP contribution < -0.4 is 10.0 Å². The van der Waals surface area contributed by atoms with Crippen LogP contribution in [-0.4, -0.2) is 45.9 Å². The van der Waals surface area contributed by atoms with E-state index >= 15 is 0 Å². The summed E-state index contributed by atoms with van der Waals surface area (Å²) in [5, 5.41) is 3.12. The number of halogens is 1. The van der Waals surface area contributed by atoms with Gasteiger partial charge >= 0.3 is 0 Å². The van der Waals surface area contributed by atoms with Crippen LogP contribution in [0, 0.1) is 11.7 Å². The van der Waals surface area contributed by atoms with Crippen LogP contribution in [0.15, 0.2) is 53.4 Å². The second kappa shape index (κ2) is 8.06. The maximum Gasteiger partial charge on any atom is 0.261 e. The van der Waals surface area contributed by atoms with Gasteiger partial charge in [0.2, 0.25) is 0 Å². The molecule has 1 amide bonds. The number of amides is 1. The zero-order chi connectivity index (χ0) is 19.4. The van der Waals surface area contributed by atoms with Crippen LogP contribution >= 0.6 is 0 Å². The molecule has 2 aromatic rings. The highest BCUT2D eigenvalue weighted by molar-refractivity contribution is 7.92. The van der Waals surface area contributed by atoms with Crippen molar-refractivity contribution in [1.82, 2.24) is 10.2 Å². The van der Waals surface area contributed by atoms with E-state index in [4.69, 9.17) is 0 Å². The number of sulfonamides is 1. The minimum Gasteiger partial charge on any atom is -0.338 e. The van der Waals surface area contributed by atoms with E-state index in [9.17, 15) is 17.6 Å². The van der Waals surface area contributed by atoms with Crippen molar-refractivity contribution in [3.05, 3.63) is 59.9 Å². The summed E-state index contributed by atoms with van der Waals surface area (Å²) in [4.78, 5) is 14.4. The Morgan fingerprint density at radius 1 is 1.15 bits per heavy atom. The topological polar surface area (TPSA) is 78.5 Å². The molecule has 1 saturated heterocycles. The summed E-state index contributed by atoms with van der Waals surface area (Å²) >= 11 is 0. The average molecular weight is 391 g/mol. The summed E-state index contributed by atoms with van der Waals surface area (Å²) < 4.78 is 40.2. The molecule has 8 heteroatoms. The lowest BCUT2D eigenvalue weighted by Gasteiger charge is -2.17. The number of hydrogen-bond donors (Lipinski definition) is 2. The molecule has 1 atom stereocenters. The van der Waals surface area contributed by atoms with E-state index in [-0.39, 0.29) is 16.5 Å². The van der Waals surface area contributed by atoms with Crippen molar-refractivity contribution in [3.8, 4) is 0 Å². The first-order valence-corrected chi connectivity index (χ1v) is 10.2. The van der Waals surface area contributed by atoms with Gasteiger partial charge in [-0.2, -0.15) is 0 Å². The highest BCUT2D eigenvalue weighted by atomic mass is 32.2. The van der Waals surface area contributed by atoms with Crippen LogP contribution in [-0.2, 0) is 10.0 Å². The second-order valence-corrected chi connectivity index (χ2v) is 8.28. The molecule has 1 heterocycles. The first kappa shape index (κ1) is 19.3. The summed E-state index contributed by atoms with van der Waals surface area (Å²) in [5.74, 6) is -0.0952. The molecule has 0 radical (unpaired) electrons. The molecule has 2 N–H and O–H groups in total. The molecule has 3 rings (SSSR count). The Bertz CT molecular complexity index is 899. The molecular formula is C19H22FN3O3S.